The second-order valence-corrected chi connectivity index (χ2v) is 4.10. The van der Waals surface area contributed by atoms with Gasteiger partial charge in [0.15, 0.2) is 0 Å². The van der Waals surface area contributed by atoms with Gasteiger partial charge in [-0.25, -0.2) is 0 Å². The maximum Gasteiger partial charge on any atom is 0.305 e. The topological polar surface area (TPSA) is 105 Å². The number of pyridine rings is 1. The van der Waals surface area contributed by atoms with Gasteiger partial charge in [-0.15, -0.1) is 0 Å². The number of rotatable bonds is 4. The number of carbonyl (C=O) groups is 2. The van der Waals surface area contributed by atoms with E-state index in [0.717, 1.165) is 10.9 Å². The van der Waals surface area contributed by atoms with Crippen molar-refractivity contribution >= 4 is 28.5 Å². The van der Waals surface area contributed by atoms with Crippen LogP contribution in [0.15, 0.2) is 36.5 Å². The lowest BCUT2D eigenvalue weighted by Crippen LogP contribution is -2.37. The Hall–Kier alpha value is -2.47. The van der Waals surface area contributed by atoms with Crippen LogP contribution in [-0.4, -0.2) is 28.0 Å². The zero-order valence-electron chi connectivity index (χ0n) is 10.0. The number of benzene rings is 1. The van der Waals surface area contributed by atoms with Crippen LogP contribution in [0.25, 0.3) is 10.9 Å². The maximum atomic E-state index is 11.7. The SMILES string of the molecule is NC(CC(=O)O)C(=O)Nc1ccc2ncccc2c1. The van der Waals surface area contributed by atoms with Crippen LogP contribution in [0.1, 0.15) is 6.42 Å². The first-order valence-corrected chi connectivity index (χ1v) is 5.69. The first-order chi connectivity index (χ1) is 9.06. The molecule has 0 aliphatic heterocycles. The molecule has 0 saturated heterocycles. The number of aliphatic carboxylic acids is 1. The molecule has 0 saturated carbocycles. The summed E-state index contributed by atoms with van der Waals surface area (Å²) in [5.41, 5.74) is 6.85. The van der Waals surface area contributed by atoms with Crippen LogP contribution in [0.4, 0.5) is 5.69 Å². The third kappa shape index (κ3) is 3.26. The quantitative estimate of drug-likeness (QED) is 0.758. The van der Waals surface area contributed by atoms with Gasteiger partial charge in [0.05, 0.1) is 18.0 Å². The summed E-state index contributed by atoms with van der Waals surface area (Å²) in [5, 5.41) is 12.0. The van der Waals surface area contributed by atoms with Gasteiger partial charge in [0, 0.05) is 17.3 Å². The molecule has 1 unspecified atom stereocenters. The highest BCUT2D eigenvalue weighted by atomic mass is 16.4. The summed E-state index contributed by atoms with van der Waals surface area (Å²) in [5.74, 6) is -1.63. The molecule has 2 aromatic rings. The molecule has 0 radical (unpaired) electrons. The second-order valence-electron chi connectivity index (χ2n) is 4.10. The molecule has 6 nitrogen and oxygen atoms in total. The lowest BCUT2D eigenvalue weighted by atomic mass is 10.1. The number of anilines is 1. The molecule has 0 aliphatic carbocycles. The Balaban J connectivity index is 2.12. The summed E-state index contributed by atoms with van der Waals surface area (Å²) in [4.78, 5) is 26.3. The number of nitrogens with one attached hydrogen (secondary N) is 1. The van der Waals surface area contributed by atoms with E-state index in [9.17, 15) is 9.59 Å². The van der Waals surface area contributed by atoms with E-state index in [-0.39, 0.29) is 0 Å². The standard InChI is InChI=1S/C13H13N3O3/c14-10(7-12(17)18)13(19)16-9-3-4-11-8(6-9)2-1-5-15-11/h1-6,10H,7,14H2,(H,16,19)(H,17,18). The van der Waals surface area contributed by atoms with Crippen molar-refractivity contribution < 1.29 is 14.7 Å². The molecule has 1 aromatic carbocycles. The normalized spacial score (nSPS) is 12.1. The van der Waals surface area contributed by atoms with E-state index in [4.69, 9.17) is 10.8 Å². The fourth-order valence-electron chi connectivity index (χ4n) is 1.67. The van der Waals surface area contributed by atoms with E-state index in [1.165, 1.54) is 0 Å². The molecule has 98 valence electrons. The molecule has 2 rings (SSSR count). The maximum absolute atomic E-state index is 11.7. The van der Waals surface area contributed by atoms with Gasteiger partial charge >= 0.3 is 5.97 Å². The number of hydrogen-bond acceptors (Lipinski definition) is 4. The molecule has 1 amide bonds. The Morgan fingerprint density at radius 2 is 2.16 bits per heavy atom. The van der Waals surface area contributed by atoms with Gasteiger partial charge in [-0.2, -0.15) is 0 Å². The van der Waals surface area contributed by atoms with Crippen molar-refractivity contribution in [3.05, 3.63) is 36.5 Å². The highest BCUT2D eigenvalue weighted by Crippen LogP contribution is 2.17. The molecule has 4 N–H and O–H groups in total. The fourth-order valence-corrected chi connectivity index (χ4v) is 1.67. The van der Waals surface area contributed by atoms with Crippen LogP contribution in [-0.2, 0) is 9.59 Å². The number of carboxylic acid groups (broad SMARTS) is 1. The lowest BCUT2D eigenvalue weighted by molar-refractivity contribution is -0.138. The van der Waals surface area contributed by atoms with Crippen LogP contribution < -0.4 is 11.1 Å². The van der Waals surface area contributed by atoms with Gasteiger partial charge in [-0.1, -0.05) is 6.07 Å². The largest absolute Gasteiger partial charge is 0.481 e. The number of carboxylic acids is 1. The van der Waals surface area contributed by atoms with Crippen molar-refractivity contribution in [2.24, 2.45) is 5.73 Å². The van der Waals surface area contributed by atoms with Crippen molar-refractivity contribution in [3.8, 4) is 0 Å². The van der Waals surface area contributed by atoms with Crippen molar-refractivity contribution in [2.45, 2.75) is 12.5 Å². The Morgan fingerprint density at radius 3 is 2.89 bits per heavy atom. The molecule has 0 aliphatic rings. The third-order valence-electron chi connectivity index (χ3n) is 2.60. The van der Waals surface area contributed by atoms with Gasteiger partial charge in [0.1, 0.15) is 0 Å². The van der Waals surface area contributed by atoms with Gasteiger partial charge in [-0.05, 0) is 24.3 Å². The number of nitrogens with zero attached hydrogens (tertiary/aromatic N) is 1. The van der Waals surface area contributed by atoms with E-state index < -0.39 is 24.3 Å². The number of carbonyl (C=O) groups excluding carboxylic acids is 1. The van der Waals surface area contributed by atoms with Crippen LogP contribution >= 0.6 is 0 Å². The minimum Gasteiger partial charge on any atom is -0.481 e. The highest BCUT2D eigenvalue weighted by Gasteiger charge is 2.17. The van der Waals surface area contributed by atoms with Gasteiger partial charge in [-0.3, -0.25) is 14.6 Å². The fraction of sp³-hybridized carbons (Fsp3) is 0.154. The summed E-state index contributed by atoms with van der Waals surface area (Å²) in [6, 6.07) is 7.82. The first kappa shape index (κ1) is 13.0. The monoisotopic (exact) mass is 259 g/mol. The molecule has 0 fully saturated rings. The van der Waals surface area contributed by atoms with E-state index in [0.29, 0.717) is 5.69 Å². The Kier molecular flexibility index (Phi) is 3.72. The minimum absolute atomic E-state index is 0.402. The van der Waals surface area contributed by atoms with Crippen LogP contribution in [0.5, 0.6) is 0 Å². The van der Waals surface area contributed by atoms with Crippen molar-refractivity contribution in [3.63, 3.8) is 0 Å². The summed E-state index contributed by atoms with van der Waals surface area (Å²) in [6.07, 6.45) is 1.28. The number of aromatic nitrogens is 1. The third-order valence-corrected chi connectivity index (χ3v) is 2.60. The average Bonchev–Trinajstić information content (AvgIpc) is 2.37. The first-order valence-electron chi connectivity index (χ1n) is 5.69. The van der Waals surface area contributed by atoms with Crippen LogP contribution in [0.2, 0.25) is 0 Å². The van der Waals surface area contributed by atoms with Crippen molar-refractivity contribution in [1.82, 2.24) is 4.98 Å². The van der Waals surface area contributed by atoms with Crippen LogP contribution in [0, 0.1) is 0 Å². The summed E-state index contributed by atoms with van der Waals surface area (Å²) in [6.45, 7) is 0. The predicted octanol–water partition coefficient (Wildman–Crippen LogP) is 0.975. The number of fused-ring (bicyclic) bond motifs is 1. The van der Waals surface area contributed by atoms with Crippen molar-refractivity contribution in [1.29, 1.82) is 0 Å². The molecule has 19 heavy (non-hydrogen) atoms. The number of nitrogens with two attached hydrogens (primary N) is 1. The Morgan fingerprint density at radius 1 is 1.37 bits per heavy atom. The van der Waals surface area contributed by atoms with Gasteiger partial charge in [0.2, 0.25) is 5.91 Å². The van der Waals surface area contributed by atoms with E-state index in [1.54, 1.807) is 30.5 Å². The summed E-state index contributed by atoms with van der Waals surface area (Å²) < 4.78 is 0. The zero-order chi connectivity index (χ0) is 13.8. The molecule has 1 atom stereocenters. The zero-order valence-corrected chi connectivity index (χ0v) is 10.0. The molecule has 1 aromatic heterocycles. The molecular formula is C13H13N3O3. The molecule has 6 heteroatoms. The van der Waals surface area contributed by atoms with Gasteiger partial charge in [0.25, 0.3) is 0 Å². The minimum atomic E-state index is -1.11. The number of amides is 1. The summed E-state index contributed by atoms with van der Waals surface area (Å²) >= 11 is 0. The van der Waals surface area contributed by atoms with Crippen LogP contribution in [0.3, 0.4) is 0 Å². The highest BCUT2D eigenvalue weighted by molar-refractivity contribution is 5.98. The second kappa shape index (κ2) is 5.45. The Labute approximate surface area is 109 Å². The molecule has 0 bridgehead atoms. The predicted molar refractivity (Wildman–Crippen MR) is 70.6 cm³/mol. The lowest BCUT2D eigenvalue weighted by Gasteiger charge is -2.10. The van der Waals surface area contributed by atoms with E-state index in [1.807, 2.05) is 6.07 Å². The molecular weight excluding hydrogens is 246 g/mol. The molecule has 1 heterocycles. The smallest absolute Gasteiger partial charge is 0.305 e. The molecule has 0 spiro atoms. The number of hydrogen-bond donors (Lipinski definition) is 3. The van der Waals surface area contributed by atoms with Gasteiger partial charge < -0.3 is 16.2 Å². The average molecular weight is 259 g/mol. The Bertz CT molecular complexity index is 627. The van der Waals surface area contributed by atoms with Crippen molar-refractivity contribution in [2.75, 3.05) is 5.32 Å². The van der Waals surface area contributed by atoms with E-state index >= 15 is 0 Å². The van der Waals surface area contributed by atoms with E-state index in [2.05, 4.69) is 10.3 Å². The summed E-state index contributed by atoms with van der Waals surface area (Å²) in [7, 11) is 0.